The number of aryl methyl sites for hydroxylation is 1. The topological polar surface area (TPSA) is 47.0 Å². The van der Waals surface area contributed by atoms with Crippen LogP contribution in [0.15, 0.2) is 30.5 Å². The summed E-state index contributed by atoms with van der Waals surface area (Å²) >= 11 is 0. The Morgan fingerprint density at radius 2 is 1.95 bits per heavy atom. The van der Waals surface area contributed by atoms with Crippen LogP contribution in [0.5, 0.6) is 11.6 Å². The molecule has 2 aromatic heterocycles. The van der Waals surface area contributed by atoms with Gasteiger partial charge in [-0.15, -0.1) is 0 Å². The number of hydrogen-bond donors (Lipinski definition) is 1. The van der Waals surface area contributed by atoms with E-state index < -0.39 is 0 Å². The van der Waals surface area contributed by atoms with E-state index >= 15 is 0 Å². The maximum Gasteiger partial charge on any atom is 0.219 e. The second-order valence-corrected chi connectivity index (χ2v) is 6.22. The third-order valence-electron chi connectivity index (χ3n) is 3.12. The first-order chi connectivity index (χ1) is 9.88. The van der Waals surface area contributed by atoms with Gasteiger partial charge in [-0.05, 0) is 37.7 Å². The fraction of sp³-hybridized carbons (Fsp3) is 0.412. The lowest BCUT2D eigenvalue weighted by Crippen LogP contribution is -2.15. The lowest BCUT2D eigenvalue weighted by Gasteiger charge is -2.20. The minimum Gasteiger partial charge on any atom is -0.437 e. The van der Waals surface area contributed by atoms with Gasteiger partial charge in [0.25, 0.3) is 0 Å². The van der Waals surface area contributed by atoms with E-state index in [1.54, 1.807) is 6.20 Å². The van der Waals surface area contributed by atoms with Gasteiger partial charge >= 0.3 is 0 Å². The minimum absolute atomic E-state index is 0.0204. The van der Waals surface area contributed by atoms with Crippen molar-refractivity contribution in [3.05, 3.63) is 47.4 Å². The number of pyridine rings is 2. The van der Waals surface area contributed by atoms with Crippen molar-refractivity contribution in [1.29, 1.82) is 0 Å². The van der Waals surface area contributed by atoms with Crippen molar-refractivity contribution in [1.82, 2.24) is 15.3 Å². The third-order valence-corrected chi connectivity index (χ3v) is 3.12. The summed E-state index contributed by atoms with van der Waals surface area (Å²) in [6.45, 7) is 9.18. The van der Waals surface area contributed by atoms with Crippen molar-refractivity contribution in [3.63, 3.8) is 0 Å². The maximum absolute atomic E-state index is 5.85. The van der Waals surface area contributed by atoms with Gasteiger partial charge in [0.15, 0.2) is 0 Å². The van der Waals surface area contributed by atoms with Crippen LogP contribution < -0.4 is 10.1 Å². The van der Waals surface area contributed by atoms with Crippen LogP contribution in [0.1, 0.15) is 37.7 Å². The van der Waals surface area contributed by atoms with Gasteiger partial charge in [-0.2, -0.15) is 0 Å². The van der Waals surface area contributed by atoms with E-state index in [4.69, 9.17) is 4.74 Å². The highest BCUT2D eigenvalue weighted by Gasteiger charge is 2.17. The normalized spacial score (nSPS) is 11.5. The van der Waals surface area contributed by atoms with Gasteiger partial charge in [-0.25, -0.2) is 4.98 Å². The molecule has 2 aromatic rings. The van der Waals surface area contributed by atoms with Crippen LogP contribution >= 0.6 is 0 Å². The number of hydrogen-bond acceptors (Lipinski definition) is 4. The number of nitrogens with one attached hydrogen (secondary N) is 1. The van der Waals surface area contributed by atoms with Crippen LogP contribution in [0.3, 0.4) is 0 Å². The summed E-state index contributed by atoms with van der Waals surface area (Å²) in [5, 5.41) is 3.17. The number of rotatable bonds is 4. The van der Waals surface area contributed by atoms with E-state index in [1.165, 1.54) is 0 Å². The van der Waals surface area contributed by atoms with Crippen LogP contribution in [-0.2, 0) is 12.0 Å². The number of nitrogens with zero attached hydrogens (tertiary/aromatic N) is 2. The van der Waals surface area contributed by atoms with E-state index in [1.807, 2.05) is 32.2 Å². The zero-order valence-electron chi connectivity index (χ0n) is 13.4. The molecule has 2 rings (SSSR count). The Balaban J connectivity index is 2.33. The van der Waals surface area contributed by atoms with Crippen LogP contribution in [0.2, 0.25) is 0 Å². The smallest absolute Gasteiger partial charge is 0.219 e. The molecule has 0 spiro atoms. The predicted octanol–water partition coefficient (Wildman–Crippen LogP) is 3.59. The van der Waals surface area contributed by atoms with Gasteiger partial charge in [0, 0.05) is 23.7 Å². The van der Waals surface area contributed by atoms with Crippen molar-refractivity contribution in [2.75, 3.05) is 7.05 Å². The second-order valence-electron chi connectivity index (χ2n) is 6.22. The molecular weight excluding hydrogens is 262 g/mol. The molecule has 0 aromatic carbocycles. The van der Waals surface area contributed by atoms with Crippen LogP contribution in [-0.4, -0.2) is 17.0 Å². The van der Waals surface area contributed by atoms with Crippen molar-refractivity contribution in [2.45, 2.75) is 39.7 Å². The highest BCUT2D eigenvalue weighted by atomic mass is 16.5. The molecule has 0 bridgehead atoms. The van der Waals surface area contributed by atoms with Gasteiger partial charge in [0.2, 0.25) is 5.88 Å². The standard InChI is InChI=1S/C17H23N3O/c1-12-6-7-14(11-19-12)21-16-9-13(10-18-5)8-15(20-16)17(2,3)4/h6-9,11,18H,10H2,1-5H3. The molecule has 21 heavy (non-hydrogen) atoms. The minimum atomic E-state index is -0.0204. The summed E-state index contributed by atoms with van der Waals surface area (Å²) in [7, 11) is 1.93. The van der Waals surface area contributed by atoms with E-state index in [-0.39, 0.29) is 5.41 Å². The van der Waals surface area contributed by atoms with E-state index in [2.05, 4.69) is 42.1 Å². The molecule has 0 unspecified atom stereocenters. The monoisotopic (exact) mass is 285 g/mol. The number of aromatic nitrogens is 2. The molecule has 0 atom stereocenters. The van der Waals surface area contributed by atoms with Gasteiger partial charge in [-0.3, -0.25) is 4.98 Å². The summed E-state index contributed by atoms with van der Waals surface area (Å²) in [5.41, 5.74) is 3.13. The predicted molar refractivity (Wildman–Crippen MR) is 84.7 cm³/mol. The molecule has 4 heteroatoms. The molecule has 4 nitrogen and oxygen atoms in total. The molecule has 0 fully saturated rings. The molecule has 0 radical (unpaired) electrons. The Morgan fingerprint density at radius 1 is 1.19 bits per heavy atom. The fourth-order valence-electron chi connectivity index (χ4n) is 1.94. The Morgan fingerprint density at radius 3 is 2.52 bits per heavy atom. The maximum atomic E-state index is 5.85. The Kier molecular flexibility index (Phi) is 4.58. The lowest BCUT2D eigenvalue weighted by atomic mass is 9.91. The van der Waals surface area contributed by atoms with Gasteiger partial charge < -0.3 is 10.1 Å². The Labute approximate surface area is 126 Å². The molecule has 0 aliphatic heterocycles. The van der Waals surface area contributed by atoms with Gasteiger partial charge in [0.05, 0.1) is 11.9 Å². The zero-order chi connectivity index (χ0) is 15.5. The van der Waals surface area contributed by atoms with Crippen LogP contribution in [0.4, 0.5) is 0 Å². The molecule has 2 heterocycles. The Bertz CT molecular complexity index is 600. The molecule has 112 valence electrons. The average molecular weight is 285 g/mol. The van der Waals surface area contributed by atoms with Gasteiger partial charge in [-0.1, -0.05) is 20.8 Å². The SMILES string of the molecule is CNCc1cc(Oc2ccc(C)nc2)nc(C(C)(C)C)c1. The van der Waals surface area contributed by atoms with Crippen molar-refractivity contribution in [2.24, 2.45) is 0 Å². The van der Waals surface area contributed by atoms with E-state index in [9.17, 15) is 0 Å². The molecule has 0 saturated carbocycles. The summed E-state index contributed by atoms with van der Waals surface area (Å²) in [6, 6.07) is 7.92. The summed E-state index contributed by atoms with van der Waals surface area (Å²) in [4.78, 5) is 8.87. The Hall–Kier alpha value is -1.94. The molecule has 0 aliphatic rings. The third kappa shape index (κ3) is 4.26. The first-order valence-corrected chi connectivity index (χ1v) is 7.15. The van der Waals surface area contributed by atoms with E-state index in [0.29, 0.717) is 11.6 Å². The number of ether oxygens (including phenoxy) is 1. The highest BCUT2D eigenvalue weighted by Crippen LogP contribution is 2.26. The van der Waals surface area contributed by atoms with Crippen LogP contribution in [0, 0.1) is 6.92 Å². The van der Waals surface area contributed by atoms with Gasteiger partial charge in [0.1, 0.15) is 5.75 Å². The summed E-state index contributed by atoms with van der Waals surface area (Å²) in [6.07, 6.45) is 1.72. The quantitative estimate of drug-likeness (QED) is 0.932. The molecule has 1 N–H and O–H groups in total. The molecule has 0 aliphatic carbocycles. The summed E-state index contributed by atoms with van der Waals surface area (Å²) in [5.74, 6) is 1.31. The van der Waals surface area contributed by atoms with Crippen molar-refractivity contribution in [3.8, 4) is 11.6 Å². The first kappa shape index (κ1) is 15.4. The van der Waals surface area contributed by atoms with Crippen molar-refractivity contribution >= 4 is 0 Å². The van der Waals surface area contributed by atoms with E-state index in [0.717, 1.165) is 23.5 Å². The molecule has 0 saturated heterocycles. The summed E-state index contributed by atoms with van der Waals surface area (Å²) < 4.78 is 5.85. The average Bonchev–Trinajstić information content (AvgIpc) is 2.41. The van der Waals surface area contributed by atoms with Crippen molar-refractivity contribution < 1.29 is 4.74 Å². The highest BCUT2D eigenvalue weighted by molar-refractivity contribution is 5.32. The second kappa shape index (κ2) is 6.22. The fourth-order valence-corrected chi connectivity index (χ4v) is 1.94. The largest absolute Gasteiger partial charge is 0.437 e. The molecular formula is C17H23N3O. The molecule has 0 amide bonds. The zero-order valence-corrected chi connectivity index (χ0v) is 13.4. The lowest BCUT2D eigenvalue weighted by molar-refractivity contribution is 0.448. The first-order valence-electron chi connectivity index (χ1n) is 7.15. The van der Waals surface area contributed by atoms with Crippen LogP contribution in [0.25, 0.3) is 0 Å².